The molecule has 1 aliphatic carbocycles. The molecular weight excluding hydrogens is 297 g/mol. The molecule has 0 aromatic heterocycles. The molecule has 0 bridgehead atoms. The monoisotopic (exact) mass is 312 g/mol. The molecule has 0 unspecified atom stereocenters. The summed E-state index contributed by atoms with van der Waals surface area (Å²) in [6.07, 6.45) is -2.64. The van der Waals surface area contributed by atoms with Crippen LogP contribution < -0.4 is 0 Å². The summed E-state index contributed by atoms with van der Waals surface area (Å²) in [6.45, 7) is 3.27. The summed E-state index contributed by atoms with van der Waals surface area (Å²) < 4.78 is 43.7. The van der Waals surface area contributed by atoms with E-state index in [0.29, 0.717) is 0 Å². The molecule has 118 valence electrons. The molecule has 1 aromatic carbocycles. The molecular formula is C16H15F3O3. The van der Waals surface area contributed by atoms with Crippen molar-refractivity contribution < 1.29 is 27.5 Å². The lowest BCUT2D eigenvalue weighted by atomic mass is 9.79. The van der Waals surface area contributed by atoms with Gasteiger partial charge in [-0.3, -0.25) is 9.59 Å². The zero-order chi connectivity index (χ0) is 16.5. The van der Waals surface area contributed by atoms with Crippen LogP contribution in [-0.4, -0.2) is 17.9 Å². The second kappa shape index (κ2) is 5.59. The lowest BCUT2D eigenvalue weighted by Crippen LogP contribution is -2.36. The van der Waals surface area contributed by atoms with E-state index < -0.39 is 29.2 Å². The molecule has 0 spiro atoms. The van der Waals surface area contributed by atoms with Gasteiger partial charge in [0.25, 0.3) is 0 Å². The topological polar surface area (TPSA) is 43.4 Å². The first-order valence-corrected chi connectivity index (χ1v) is 6.76. The van der Waals surface area contributed by atoms with E-state index in [9.17, 15) is 22.8 Å². The standard InChI is InChI=1S/C16H15F3O3/c1-10(2)22-14(21)15(7-6-13(20)9-15)11-4-3-5-12(8-11)16(17,18)19/h3-8,10H,9H2,1-2H3/t15-/m0/s1. The maximum atomic E-state index is 12.9. The quantitative estimate of drug-likeness (QED) is 0.803. The van der Waals surface area contributed by atoms with Crippen molar-refractivity contribution in [1.82, 2.24) is 0 Å². The maximum Gasteiger partial charge on any atom is 0.416 e. The Morgan fingerprint density at radius 3 is 2.50 bits per heavy atom. The number of benzene rings is 1. The van der Waals surface area contributed by atoms with E-state index in [0.717, 1.165) is 12.1 Å². The summed E-state index contributed by atoms with van der Waals surface area (Å²) in [4.78, 5) is 24.0. The van der Waals surface area contributed by atoms with E-state index in [1.807, 2.05) is 0 Å². The average molecular weight is 312 g/mol. The average Bonchev–Trinajstić information content (AvgIpc) is 2.81. The van der Waals surface area contributed by atoms with Crippen molar-refractivity contribution in [3.05, 3.63) is 47.5 Å². The van der Waals surface area contributed by atoms with Gasteiger partial charge in [0.1, 0.15) is 5.41 Å². The van der Waals surface area contributed by atoms with Gasteiger partial charge in [0, 0.05) is 6.42 Å². The smallest absolute Gasteiger partial charge is 0.416 e. The number of ether oxygens (including phenoxy) is 1. The molecule has 0 saturated carbocycles. The number of halogens is 3. The third kappa shape index (κ3) is 3.05. The van der Waals surface area contributed by atoms with E-state index in [1.165, 1.54) is 24.3 Å². The van der Waals surface area contributed by atoms with Crippen LogP contribution >= 0.6 is 0 Å². The molecule has 0 N–H and O–H groups in total. The van der Waals surface area contributed by atoms with Gasteiger partial charge in [-0.15, -0.1) is 0 Å². The molecule has 6 heteroatoms. The molecule has 1 aromatic rings. The Morgan fingerprint density at radius 1 is 1.32 bits per heavy atom. The summed E-state index contributed by atoms with van der Waals surface area (Å²) in [5.74, 6) is -1.04. The predicted octanol–water partition coefficient (Wildman–Crippen LogP) is 3.42. The lowest BCUT2D eigenvalue weighted by Gasteiger charge is -2.27. The largest absolute Gasteiger partial charge is 0.462 e. The Kier molecular flexibility index (Phi) is 4.13. The van der Waals surface area contributed by atoms with Crippen molar-refractivity contribution >= 4 is 11.8 Å². The minimum absolute atomic E-state index is 0.107. The van der Waals surface area contributed by atoms with Crippen LogP contribution in [0.2, 0.25) is 0 Å². The third-order valence-electron chi connectivity index (χ3n) is 3.42. The van der Waals surface area contributed by atoms with Crippen molar-refractivity contribution in [2.24, 2.45) is 0 Å². The molecule has 2 rings (SSSR count). The Morgan fingerprint density at radius 2 is 2.00 bits per heavy atom. The van der Waals surface area contributed by atoms with Crippen LogP contribution in [0, 0.1) is 0 Å². The van der Waals surface area contributed by atoms with Crippen LogP contribution in [0.25, 0.3) is 0 Å². The number of carbonyl (C=O) groups excluding carboxylic acids is 2. The van der Waals surface area contributed by atoms with Gasteiger partial charge in [0.2, 0.25) is 0 Å². The first-order valence-electron chi connectivity index (χ1n) is 6.76. The van der Waals surface area contributed by atoms with Crippen LogP contribution in [-0.2, 0) is 25.9 Å². The van der Waals surface area contributed by atoms with E-state index in [1.54, 1.807) is 13.8 Å². The molecule has 1 atom stereocenters. The van der Waals surface area contributed by atoms with Gasteiger partial charge in [-0.1, -0.05) is 24.3 Å². The highest BCUT2D eigenvalue weighted by Crippen LogP contribution is 2.39. The third-order valence-corrected chi connectivity index (χ3v) is 3.42. The second-order valence-corrected chi connectivity index (χ2v) is 5.48. The second-order valence-electron chi connectivity index (χ2n) is 5.48. The molecule has 3 nitrogen and oxygen atoms in total. The minimum atomic E-state index is -4.52. The van der Waals surface area contributed by atoms with Crippen molar-refractivity contribution in [3.63, 3.8) is 0 Å². The molecule has 0 aliphatic heterocycles. The predicted molar refractivity (Wildman–Crippen MR) is 73.1 cm³/mol. The van der Waals surface area contributed by atoms with Crippen molar-refractivity contribution in [2.75, 3.05) is 0 Å². The number of ketones is 1. The van der Waals surface area contributed by atoms with Gasteiger partial charge < -0.3 is 4.74 Å². The van der Waals surface area contributed by atoms with Gasteiger partial charge in [0.05, 0.1) is 11.7 Å². The molecule has 0 heterocycles. The Balaban J connectivity index is 2.50. The van der Waals surface area contributed by atoms with E-state index >= 15 is 0 Å². The van der Waals surface area contributed by atoms with Gasteiger partial charge in [-0.2, -0.15) is 13.2 Å². The van der Waals surface area contributed by atoms with Gasteiger partial charge >= 0.3 is 12.1 Å². The molecule has 0 fully saturated rings. The number of esters is 1. The van der Waals surface area contributed by atoms with E-state index in [-0.39, 0.29) is 17.8 Å². The Labute approximate surface area is 125 Å². The summed E-state index contributed by atoms with van der Waals surface area (Å²) in [6, 6.07) is 4.44. The summed E-state index contributed by atoms with van der Waals surface area (Å²) in [5, 5.41) is 0. The summed E-state index contributed by atoms with van der Waals surface area (Å²) in [7, 11) is 0. The van der Waals surface area contributed by atoms with Crippen molar-refractivity contribution in [1.29, 1.82) is 0 Å². The Bertz CT molecular complexity index is 632. The highest BCUT2D eigenvalue weighted by atomic mass is 19.4. The number of rotatable bonds is 3. The molecule has 1 aliphatic rings. The van der Waals surface area contributed by atoms with E-state index in [2.05, 4.69) is 0 Å². The molecule has 22 heavy (non-hydrogen) atoms. The molecule has 0 amide bonds. The fourth-order valence-corrected chi connectivity index (χ4v) is 2.38. The van der Waals surface area contributed by atoms with Gasteiger partial charge in [0.15, 0.2) is 5.78 Å². The van der Waals surface area contributed by atoms with Crippen molar-refractivity contribution in [3.8, 4) is 0 Å². The fraction of sp³-hybridized carbons (Fsp3) is 0.375. The number of allylic oxidation sites excluding steroid dienone is 1. The molecule has 0 saturated heterocycles. The summed E-state index contributed by atoms with van der Waals surface area (Å²) in [5.41, 5.74) is -2.24. The minimum Gasteiger partial charge on any atom is -0.462 e. The highest BCUT2D eigenvalue weighted by molar-refractivity contribution is 6.02. The summed E-state index contributed by atoms with van der Waals surface area (Å²) >= 11 is 0. The van der Waals surface area contributed by atoms with Gasteiger partial charge in [-0.25, -0.2) is 0 Å². The number of hydrogen-bond acceptors (Lipinski definition) is 3. The van der Waals surface area contributed by atoms with Crippen LogP contribution in [0.4, 0.5) is 13.2 Å². The van der Waals surface area contributed by atoms with Crippen LogP contribution in [0.5, 0.6) is 0 Å². The van der Waals surface area contributed by atoms with Crippen LogP contribution in [0.15, 0.2) is 36.4 Å². The lowest BCUT2D eigenvalue weighted by molar-refractivity contribution is -0.153. The zero-order valence-corrected chi connectivity index (χ0v) is 12.1. The zero-order valence-electron chi connectivity index (χ0n) is 12.1. The number of alkyl halides is 3. The first-order chi connectivity index (χ1) is 10.1. The maximum absolute atomic E-state index is 12.9. The fourth-order valence-electron chi connectivity index (χ4n) is 2.38. The van der Waals surface area contributed by atoms with Crippen molar-refractivity contribution in [2.45, 2.75) is 38.0 Å². The highest BCUT2D eigenvalue weighted by Gasteiger charge is 2.45. The van der Waals surface area contributed by atoms with Crippen LogP contribution in [0.3, 0.4) is 0 Å². The molecule has 0 radical (unpaired) electrons. The van der Waals surface area contributed by atoms with Gasteiger partial charge in [-0.05, 0) is 31.6 Å². The first kappa shape index (κ1) is 16.3. The SMILES string of the molecule is CC(C)OC(=O)[C@@]1(c2cccc(C(F)(F)F)c2)C=CC(=O)C1. The Hall–Kier alpha value is -2.11. The normalized spacial score (nSPS) is 21.5. The number of carbonyl (C=O) groups is 2. The van der Waals surface area contributed by atoms with Crippen LogP contribution in [0.1, 0.15) is 31.4 Å². The van der Waals surface area contributed by atoms with E-state index in [4.69, 9.17) is 4.74 Å². The number of hydrogen-bond donors (Lipinski definition) is 0.